The van der Waals surface area contributed by atoms with Crippen LogP contribution in [-0.4, -0.2) is 66.3 Å². The molecular formula is C13H27N3O. The van der Waals surface area contributed by atoms with Crippen LogP contribution in [0.15, 0.2) is 0 Å². The molecule has 2 rings (SSSR count). The third-order valence-electron chi connectivity index (χ3n) is 4.61. The van der Waals surface area contributed by atoms with Gasteiger partial charge in [-0.2, -0.15) is 0 Å². The lowest BCUT2D eigenvalue weighted by atomic mass is 9.98. The summed E-state index contributed by atoms with van der Waals surface area (Å²) in [6, 6.07) is 1.28. The number of nitrogens with two attached hydrogens (primary N) is 1. The van der Waals surface area contributed by atoms with Gasteiger partial charge in [-0.3, -0.25) is 4.90 Å². The van der Waals surface area contributed by atoms with Crippen molar-refractivity contribution >= 4 is 0 Å². The summed E-state index contributed by atoms with van der Waals surface area (Å²) < 4.78 is 0. The molecule has 100 valence electrons. The summed E-state index contributed by atoms with van der Waals surface area (Å²) in [7, 11) is 4.34. The first-order valence-electron chi connectivity index (χ1n) is 6.84. The molecular weight excluding hydrogens is 214 g/mol. The van der Waals surface area contributed by atoms with Crippen molar-refractivity contribution in [3.63, 3.8) is 0 Å². The highest BCUT2D eigenvalue weighted by molar-refractivity contribution is 4.98. The molecule has 2 fully saturated rings. The van der Waals surface area contributed by atoms with E-state index in [0.717, 1.165) is 19.3 Å². The van der Waals surface area contributed by atoms with Crippen molar-refractivity contribution in [1.29, 1.82) is 0 Å². The second kappa shape index (κ2) is 5.22. The van der Waals surface area contributed by atoms with E-state index >= 15 is 0 Å². The number of piperidine rings is 1. The Morgan fingerprint density at radius 2 is 2.18 bits per heavy atom. The van der Waals surface area contributed by atoms with Crippen molar-refractivity contribution in [1.82, 2.24) is 9.80 Å². The van der Waals surface area contributed by atoms with Crippen LogP contribution in [0, 0.1) is 0 Å². The van der Waals surface area contributed by atoms with Crippen LogP contribution in [0.4, 0.5) is 0 Å². The zero-order valence-electron chi connectivity index (χ0n) is 11.2. The predicted molar refractivity (Wildman–Crippen MR) is 69.9 cm³/mol. The lowest BCUT2D eigenvalue weighted by Gasteiger charge is -2.39. The molecule has 2 aliphatic rings. The van der Waals surface area contributed by atoms with Crippen molar-refractivity contribution in [2.24, 2.45) is 5.73 Å². The minimum Gasteiger partial charge on any atom is -0.394 e. The maximum atomic E-state index is 9.33. The van der Waals surface area contributed by atoms with Crippen LogP contribution in [0.5, 0.6) is 0 Å². The van der Waals surface area contributed by atoms with Crippen LogP contribution in [0.3, 0.4) is 0 Å². The van der Waals surface area contributed by atoms with E-state index in [-0.39, 0.29) is 12.1 Å². The van der Waals surface area contributed by atoms with Gasteiger partial charge in [-0.05, 0) is 52.7 Å². The van der Waals surface area contributed by atoms with Crippen LogP contribution in [0.25, 0.3) is 0 Å². The molecule has 1 saturated carbocycles. The smallest absolute Gasteiger partial charge is 0.0611 e. The highest BCUT2D eigenvalue weighted by Crippen LogP contribution is 2.32. The molecule has 1 saturated heterocycles. The SMILES string of the molecule is CN(C)C1CCCN(C2CCC(N)(CO)C2)C1. The van der Waals surface area contributed by atoms with E-state index in [9.17, 15) is 5.11 Å². The lowest BCUT2D eigenvalue weighted by molar-refractivity contribution is 0.0919. The number of hydrogen-bond acceptors (Lipinski definition) is 4. The maximum Gasteiger partial charge on any atom is 0.0611 e. The first-order valence-corrected chi connectivity index (χ1v) is 6.84. The molecule has 0 radical (unpaired) electrons. The van der Waals surface area contributed by atoms with Gasteiger partial charge in [-0.15, -0.1) is 0 Å². The van der Waals surface area contributed by atoms with Gasteiger partial charge in [0.05, 0.1) is 6.61 Å². The van der Waals surface area contributed by atoms with Gasteiger partial charge in [0.2, 0.25) is 0 Å². The van der Waals surface area contributed by atoms with Crippen molar-refractivity contribution in [3.05, 3.63) is 0 Å². The van der Waals surface area contributed by atoms with E-state index in [1.165, 1.54) is 25.9 Å². The van der Waals surface area contributed by atoms with E-state index in [0.29, 0.717) is 12.1 Å². The van der Waals surface area contributed by atoms with Gasteiger partial charge in [0, 0.05) is 24.2 Å². The Morgan fingerprint density at radius 1 is 1.41 bits per heavy atom. The molecule has 1 heterocycles. The number of likely N-dealkylation sites (N-methyl/N-ethyl adjacent to an activating group) is 1. The average molecular weight is 241 g/mol. The second-order valence-corrected chi connectivity index (χ2v) is 6.17. The van der Waals surface area contributed by atoms with Gasteiger partial charge in [-0.1, -0.05) is 0 Å². The van der Waals surface area contributed by atoms with E-state index in [1.807, 2.05) is 0 Å². The molecule has 3 unspecified atom stereocenters. The quantitative estimate of drug-likeness (QED) is 0.744. The number of rotatable bonds is 3. The lowest BCUT2D eigenvalue weighted by Crippen LogP contribution is -2.50. The van der Waals surface area contributed by atoms with Crippen molar-refractivity contribution in [3.8, 4) is 0 Å². The van der Waals surface area contributed by atoms with Crippen molar-refractivity contribution in [2.75, 3.05) is 33.8 Å². The minimum absolute atomic E-state index is 0.133. The third kappa shape index (κ3) is 2.99. The summed E-state index contributed by atoms with van der Waals surface area (Å²) in [4.78, 5) is 4.93. The Morgan fingerprint density at radius 3 is 2.76 bits per heavy atom. The summed E-state index contributed by atoms with van der Waals surface area (Å²) in [5.74, 6) is 0. The summed E-state index contributed by atoms with van der Waals surface area (Å²) >= 11 is 0. The molecule has 0 aromatic heterocycles. The van der Waals surface area contributed by atoms with Crippen LogP contribution >= 0.6 is 0 Å². The Labute approximate surface area is 105 Å². The van der Waals surface area contributed by atoms with Gasteiger partial charge in [0.25, 0.3) is 0 Å². The number of hydrogen-bond donors (Lipinski definition) is 2. The highest BCUT2D eigenvalue weighted by atomic mass is 16.3. The van der Waals surface area contributed by atoms with Crippen molar-refractivity contribution < 1.29 is 5.11 Å². The van der Waals surface area contributed by atoms with Gasteiger partial charge in [-0.25, -0.2) is 0 Å². The summed E-state index contributed by atoms with van der Waals surface area (Å²) in [5.41, 5.74) is 5.85. The summed E-state index contributed by atoms with van der Waals surface area (Å²) in [6.45, 7) is 2.50. The molecule has 4 nitrogen and oxygen atoms in total. The van der Waals surface area contributed by atoms with E-state index in [4.69, 9.17) is 5.73 Å². The first-order chi connectivity index (χ1) is 8.04. The number of nitrogens with zero attached hydrogens (tertiary/aromatic N) is 2. The normalized spacial score (nSPS) is 40.1. The Kier molecular flexibility index (Phi) is 4.08. The Balaban J connectivity index is 1.90. The fraction of sp³-hybridized carbons (Fsp3) is 1.00. The maximum absolute atomic E-state index is 9.33. The molecule has 17 heavy (non-hydrogen) atoms. The third-order valence-corrected chi connectivity index (χ3v) is 4.61. The van der Waals surface area contributed by atoms with Gasteiger partial charge in [0.1, 0.15) is 0 Å². The van der Waals surface area contributed by atoms with Crippen LogP contribution in [0.2, 0.25) is 0 Å². The monoisotopic (exact) mass is 241 g/mol. The summed E-state index contributed by atoms with van der Waals surface area (Å²) in [6.07, 6.45) is 5.68. The number of likely N-dealkylation sites (tertiary alicyclic amines) is 1. The molecule has 0 bridgehead atoms. The molecule has 3 N–H and O–H groups in total. The van der Waals surface area contributed by atoms with Crippen LogP contribution in [0.1, 0.15) is 32.1 Å². The molecule has 3 atom stereocenters. The molecule has 4 heteroatoms. The first kappa shape index (κ1) is 13.3. The largest absolute Gasteiger partial charge is 0.394 e. The fourth-order valence-electron chi connectivity index (χ4n) is 3.32. The van der Waals surface area contributed by atoms with Crippen LogP contribution < -0.4 is 5.73 Å². The number of aliphatic hydroxyl groups is 1. The van der Waals surface area contributed by atoms with E-state index in [2.05, 4.69) is 23.9 Å². The van der Waals surface area contributed by atoms with E-state index < -0.39 is 0 Å². The summed E-state index contributed by atoms with van der Waals surface area (Å²) in [5, 5.41) is 9.33. The van der Waals surface area contributed by atoms with Crippen LogP contribution in [-0.2, 0) is 0 Å². The van der Waals surface area contributed by atoms with E-state index in [1.54, 1.807) is 0 Å². The molecule has 1 aliphatic carbocycles. The molecule has 1 aliphatic heterocycles. The van der Waals surface area contributed by atoms with Crippen molar-refractivity contribution in [2.45, 2.75) is 49.7 Å². The predicted octanol–water partition coefficient (Wildman–Crippen LogP) is 0.255. The highest BCUT2D eigenvalue weighted by Gasteiger charge is 2.39. The zero-order chi connectivity index (χ0) is 12.5. The Hall–Kier alpha value is -0.160. The van der Waals surface area contributed by atoms with Gasteiger partial charge in [0.15, 0.2) is 0 Å². The minimum atomic E-state index is -0.310. The fourth-order valence-corrected chi connectivity index (χ4v) is 3.32. The number of aliphatic hydroxyl groups excluding tert-OH is 1. The standard InChI is InChI=1S/C13H27N3O/c1-15(2)12-4-3-7-16(9-12)11-5-6-13(14,8-11)10-17/h11-12,17H,3-10,14H2,1-2H3. The molecule has 0 spiro atoms. The van der Waals surface area contributed by atoms with Gasteiger partial charge >= 0.3 is 0 Å². The van der Waals surface area contributed by atoms with Gasteiger partial charge < -0.3 is 15.7 Å². The topological polar surface area (TPSA) is 52.7 Å². The second-order valence-electron chi connectivity index (χ2n) is 6.17. The molecule has 0 aromatic carbocycles. The molecule has 0 aromatic rings. The zero-order valence-corrected chi connectivity index (χ0v) is 11.2. The molecule has 0 amide bonds. The average Bonchev–Trinajstić information content (AvgIpc) is 2.73. The Bertz CT molecular complexity index is 259.